The molecule has 1 N–H and O–H groups in total. The fraction of sp³-hybridized carbons (Fsp3) is 0.160. The zero-order valence-corrected chi connectivity index (χ0v) is 16.5. The van der Waals surface area contributed by atoms with Gasteiger partial charge >= 0.3 is 6.18 Å². The third kappa shape index (κ3) is 4.79. The molecule has 1 aliphatic rings. The molecule has 0 spiro atoms. The predicted octanol–water partition coefficient (Wildman–Crippen LogP) is 6.24. The Balaban J connectivity index is 1.61. The lowest BCUT2D eigenvalue weighted by Crippen LogP contribution is -2.32. The number of hydrogen-bond acceptors (Lipinski definition) is 2. The van der Waals surface area contributed by atoms with Crippen LogP contribution in [0.3, 0.4) is 0 Å². The second-order valence-electron chi connectivity index (χ2n) is 7.26. The molecule has 4 rings (SSSR count). The third-order valence-electron chi connectivity index (χ3n) is 5.13. The molecule has 3 nitrogen and oxygen atoms in total. The van der Waals surface area contributed by atoms with Crippen LogP contribution in [0.4, 0.5) is 13.2 Å². The summed E-state index contributed by atoms with van der Waals surface area (Å²) in [6, 6.07) is 22.3. The van der Waals surface area contributed by atoms with Crippen LogP contribution in [0.5, 0.6) is 5.75 Å². The van der Waals surface area contributed by atoms with Crippen molar-refractivity contribution in [3.63, 3.8) is 0 Å². The summed E-state index contributed by atoms with van der Waals surface area (Å²) in [5, 5.41) is 4.59. The standard InChI is InChI=1S/C25H20F3NO2/c26-25(27,28)19-13-15-20(16-14-19)29-24(30)23(18-8-2-1-3-9-18)31-22-12-6-10-17-7-4-5-11-21(17)22/h1-13,15,23H,14,16H2,(H,29,30). The van der Waals surface area contributed by atoms with Gasteiger partial charge in [0.25, 0.3) is 5.91 Å². The number of carbonyl (C=O) groups excluding carboxylic acids is 1. The Morgan fingerprint density at radius 3 is 2.29 bits per heavy atom. The van der Waals surface area contributed by atoms with Gasteiger partial charge in [0.15, 0.2) is 0 Å². The summed E-state index contributed by atoms with van der Waals surface area (Å²) < 4.78 is 44.7. The molecule has 31 heavy (non-hydrogen) atoms. The molecule has 0 saturated heterocycles. The van der Waals surface area contributed by atoms with E-state index in [4.69, 9.17) is 4.74 Å². The zero-order valence-electron chi connectivity index (χ0n) is 16.5. The molecule has 1 unspecified atom stereocenters. The minimum atomic E-state index is -4.35. The highest BCUT2D eigenvalue weighted by Crippen LogP contribution is 2.33. The minimum Gasteiger partial charge on any atom is -0.475 e. The predicted molar refractivity (Wildman–Crippen MR) is 113 cm³/mol. The summed E-state index contributed by atoms with van der Waals surface area (Å²) in [6.45, 7) is 0. The smallest absolute Gasteiger partial charge is 0.412 e. The molecule has 1 amide bonds. The second-order valence-corrected chi connectivity index (χ2v) is 7.26. The van der Waals surface area contributed by atoms with Crippen LogP contribution in [0.2, 0.25) is 0 Å². The van der Waals surface area contributed by atoms with Crippen LogP contribution in [-0.2, 0) is 4.79 Å². The molecule has 1 atom stereocenters. The number of halogens is 3. The van der Waals surface area contributed by atoms with Gasteiger partial charge in [0.05, 0.1) is 0 Å². The van der Waals surface area contributed by atoms with Crippen molar-refractivity contribution in [2.75, 3.05) is 0 Å². The minimum absolute atomic E-state index is 0.104. The Morgan fingerprint density at radius 1 is 0.871 bits per heavy atom. The highest BCUT2D eigenvalue weighted by Gasteiger charge is 2.34. The first kappa shape index (κ1) is 20.7. The van der Waals surface area contributed by atoms with E-state index in [2.05, 4.69) is 5.32 Å². The molecule has 0 fully saturated rings. The normalized spacial score (nSPS) is 15.1. The monoisotopic (exact) mass is 423 g/mol. The van der Waals surface area contributed by atoms with E-state index >= 15 is 0 Å². The molecule has 0 heterocycles. The van der Waals surface area contributed by atoms with Crippen LogP contribution < -0.4 is 10.1 Å². The largest absolute Gasteiger partial charge is 0.475 e. The van der Waals surface area contributed by atoms with E-state index in [1.165, 1.54) is 6.08 Å². The number of amides is 1. The van der Waals surface area contributed by atoms with Gasteiger partial charge in [-0.05, 0) is 30.4 Å². The maximum absolute atomic E-state index is 13.1. The Hall–Kier alpha value is -3.54. The molecule has 1 aliphatic carbocycles. The topological polar surface area (TPSA) is 38.3 Å². The summed E-state index contributed by atoms with van der Waals surface area (Å²) in [6.07, 6.45) is -3.05. The first-order valence-corrected chi connectivity index (χ1v) is 9.89. The Morgan fingerprint density at radius 2 is 1.58 bits per heavy atom. The Kier molecular flexibility index (Phi) is 5.80. The Bertz CT molecular complexity index is 1140. The number of nitrogens with one attached hydrogen (secondary N) is 1. The maximum Gasteiger partial charge on any atom is 0.412 e. The van der Waals surface area contributed by atoms with Crippen molar-refractivity contribution >= 4 is 16.7 Å². The number of fused-ring (bicyclic) bond motifs is 1. The summed E-state index contributed by atoms with van der Waals surface area (Å²) in [5.74, 6) is 0.119. The molecule has 0 aliphatic heterocycles. The van der Waals surface area contributed by atoms with E-state index in [9.17, 15) is 18.0 Å². The molecular weight excluding hydrogens is 403 g/mol. The van der Waals surface area contributed by atoms with Gasteiger partial charge in [-0.1, -0.05) is 72.8 Å². The SMILES string of the molecule is O=C(NC1=CC=C(C(F)(F)F)CC1)C(Oc1cccc2ccccc12)c1ccccc1. The van der Waals surface area contributed by atoms with Crippen molar-refractivity contribution in [2.24, 2.45) is 0 Å². The third-order valence-corrected chi connectivity index (χ3v) is 5.13. The number of hydrogen-bond donors (Lipinski definition) is 1. The van der Waals surface area contributed by atoms with Gasteiger partial charge in [-0.3, -0.25) is 4.79 Å². The van der Waals surface area contributed by atoms with Crippen LogP contribution >= 0.6 is 0 Å². The summed E-state index contributed by atoms with van der Waals surface area (Å²) in [7, 11) is 0. The van der Waals surface area contributed by atoms with Crippen LogP contribution in [0, 0.1) is 0 Å². The fourth-order valence-electron chi connectivity index (χ4n) is 3.53. The second kappa shape index (κ2) is 8.68. The average Bonchev–Trinajstić information content (AvgIpc) is 2.78. The lowest BCUT2D eigenvalue weighted by atomic mass is 10.0. The summed E-state index contributed by atoms with van der Waals surface area (Å²) in [4.78, 5) is 13.1. The molecule has 0 bridgehead atoms. The first-order valence-electron chi connectivity index (χ1n) is 9.89. The van der Waals surface area contributed by atoms with Crippen molar-refractivity contribution in [3.8, 4) is 5.75 Å². The van der Waals surface area contributed by atoms with Crippen LogP contribution in [0.1, 0.15) is 24.5 Å². The first-order chi connectivity index (χ1) is 14.9. The van der Waals surface area contributed by atoms with Crippen LogP contribution in [0.15, 0.2) is 96.2 Å². The van der Waals surface area contributed by atoms with Crippen LogP contribution in [-0.4, -0.2) is 12.1 Å². The van der Waals surface area contributed by atoms with E-state index in [0.29, 0.717) is 17.0 Å². The maximum atomic E-state index is 13.1. The molecule has 0 radical (unpaired) electrons. The van der Waals surface area contributed by atoms with Crippen LogP contribution in [0.25, 0.3) is 10.8 Å². The van der Waals surface area contributed by atoms with Gasteiger partial charge in [0.2, 0.25) is 6.10 Å². The van der Waals surface area contributed by atoms with Crippen molar-refractivity contribution in [3.05, 3.63) is 102 Å². The van der Waals surface area contributed by atoms with Gasteiger partial charge in [-0.25, -0.2) is 0 Å². The van der Waals surface area contributed by atoms with Crippen molar-refractivity contribution in [2.45, 2.75) is 25.1 Å². The summed E-state index contributed by atoms with van der Waals surface area (Å²) in [5.41, 5.74) is 0.480. The highest BCUT2D eigenvalue weighted by atomic mass is 19.4. The molecule has 158 valence electrons. The lowest BCUT2D eigenvalue weighted by Gasteiger charge is -2.22. The molecule has 3 aromatic carbocycles. The van der Waals surface area contributed by atoms with Crippen molar-refractivity contribution in [1.82, 2.24) is 5.32 Å². The van der Waals surface area contributed by atoms with Gasteiger partial charge < -0.3 is 10.1 Å². The molecule has 0 saturated carbocycles. The summed E-state index contributed by atoms with van der Waals surface area (Å²) >= 11 is 0. The number of benzene rings is 3. The van der Waals surface area contributed by atoms with Gasteiger partial charge in [-0.15, -0.1) is 0 Å². The lowest BCUT2D eigenvalue weighted by molar-refractivity contribution is -0.127. The Labute approximate surface area is 177 Å². The van der Waals surface area contributed by atoms with E-state index in [1.807, 2.05) is 42.5 Å². The van der Waals surface area contributed by atoms with E-state index in [0.717, 1.165) is 16.8 Å². The number of ether oxygens (including phenoxy) is 1. The molecule has 3 aromatic rings. The van der Waals surface area contributed by atoms with Crippen molar-refractivity contribution in [1.29, 1.82) is 0 Å². The highest BCUT2D eigenvalue weighted by molar-refractivity contribution is 5.89. The van der Waals surface area contributed by atoms with E-state index < -0.39 is 23.8 Å². The molecule has 6 heteroatoms. The van der Waals surface area contributed by atoms with Gasteiger partial charge in [0, 0.05) is 22.2 Å². The fourth-order valence-corrected chi connectivity index (χ4v) is 3.53. The zero-order chi connectivity index (χ0) is 21.8. The van der Waals surface area contributed by atoms with Gasteiger partial charge in [-0.2, -0.15) is 13.2 Å². The number of rotatable bonds is 5. The molecular formula is C25H20F3NO2. The quantitative estimate of drug-likeness (QED) is 0.527. The number of allylic oxidation sites excluding steroid dienone is 4. The van der Waals surface area contributed by atoms with E-state index in [1.54, 1.807) is 30.3 Å². The van der Waals surface area contributed by atoms with Crippen molar-refractivity contribution < 1.29 is 22.7 Å². The molecule has 0 aromatic heterocycles. The number of alkyl halides is 3. The van der Waals surface area contributed by atoms with E-state index in [-0.39, 0.29) is 12.8 Å². The number of carbonyl (C=O) groups is 1. The average molecular weight is 423 g/mol. The van der Waals surface area contributed by atoms with Gasteiger partial charge in [0.1, 0.15) is 5.75 Å².